The first-order chi connectivity index (χ1) is 15.9. The molecule has 10 heteroatoms. The van der Waals surface area contributed by atoms with E-state index in [-0.39, 0.29) is 22.7 Å². The van der Waals surface area contributed by atoms with Crippen LogP contribution in [0.4, 0.5) is 11.4 Å². The number of hydrogen-bond donors (Lipinski definition) is 3. The lowest BCUT2D eigenvalue weighted by molar-refractivity contribution is -0.384. The molecule has 1 heterocycles. The SMILES string of the molecule is COc1ccc([N+](=O)[O-])cc1NC(=S)NC(C(=O)NC1Cc2ccccc2C1)c1ccsc1. The summed E-state index contributed by atoms with van der Waals surface area (Å²) in [5.74, 6) is 0.200. The number of non-ortho nitro benzene ring substituents is 1. The average Bonchev–Trinajstić information content (AvgIpc) is 3.46. The number of hydrogen-bond acceptors (Lipinski definition) is 6. The summed E-state index contributed by atoms with van der Waals surface area (Å²) in [7, 11) is 1.46. The Kier molecular flexibility index (Phi) is 6.85. The van der Waals surface area contributed by atoms with Crippen LogP contribution in [0.2, 0.25) is 0 Å². The maximum Gasteiger partial charge on any atom is 0.271 e. The van der Waals surface area contributed by atoms with Gasteiger partial charge >= 0.3 is 0 Å². The lowest BCUT2D eigenvalue weighted by Gasteiger charge is -2.22. The fourth-order valence-electron chi connectivity index (χ4n) is 3.88. The Morgan fingerprint density at radius 1 is 1.21 bits per heavy atom. The van der Waals surface area contributed by atoms with Crippen LogP contribution < -0.4 is 20.7 Å². The first-order valence-electron chi connectivity index (χ1n) is 10.2. The summed E-state index contributed by atoms with van der Waals surface area (Å²) in [6.45, 7) is 0. The predicted octanol–water partition coefficient (Wildman–Crippen LogP) is 3.98. The van der Waals surface area contributed by atoms with Gasteiger partial charge in [-0.3, -0.25) is 14.9 Å². The van der Waals surface area contributed by atoms with E-state index in [1.807, 2.05) is 29.0 Å². The predicted molar refractivity (Wildman–Crippen MR) is 132 cm³/mol. The standard InChI is InChI=1S/C23H22N4O4S2/c1-31-20-7-6-18(27(29)30)12-19(20)25-23(32)26-21(16-8-9-33-13-16)22(28)24-17-10-14-4-2-3-5-15(14)11-17/h2-9,12-13,17,21H,10-11H2,1H3,(H,24,28)(H2,25,26,32). The summed E-state index contributed by atoms with van der Waals surface area (Å²) in [4.78, 5) is 23.9. The minimum absolute atomic E-state index is 0.0104. The number of carbonyl (C=O) groups is 1. The average molecular weight is 483 g/mol. The number of rotatable bonds is 7. The molecule has 0 aliphatic heterocycles. The van der Waals surface area contributed by atoms with Crippen LogP contribution in [-0.4, -0.2) is 29.1 Å². The molecule has 0 saturated heterocycles. The van der Waals surface area contributed by atoms with Crippen molar-refractivity contribution in [1.29, 1.82) is 0 Å². The Morgan fingerprint density at radius 3 is 2.55 bits per heavy atom. The number of nitrogens with zero attached hydrogens (tertiary/aromatic N) is 1. The van der Waals surface area contributed by atoms with E-state index in [1.54, 1.807) is 0 Å². The van der Waals surface area contributed by atoms with E-state index in [0.717, 1.165) is 18.4 Å². The lowest BCUT2D eigenvalue weighted by atomic mass is 10.1. The van der Waals surface area contributed by atoms with Gasteiger partial charge in [0.2, 0.25) is 5.91 Å². The monoisotopic (exact) mass is 482 g/mol. The number of thiophene rings is 1. The summed E-state index contributed by atoms with van der Waals surface area (Å²) >= 11 is 6.92. The third kappa shape index (κ3) is 5.29. The van der Waals surface area contributed by atoms with Gasteiger partial charge < -0.3 is 20.7 Å². The number of anilines is 1. The number of amides is 1. The molecule has 1 amide bonds. The zero-order chi connectivity index (χ0) is 23.4. The highest BCUT2D eigenvalue weighted by molar-refractivity contribution is 7.80. The zero-order valence-corrected chi connectivity index (χ0v) is 19.4. The van der Waals surface area contributed by atoms with Gasteiger partial charge in [0.1, 0.15) is 11.8 Å². The number of nitrogens with one attached hydrogen (secondary N) is 3. The molecule has 0 spiro atoms. The molecule has 0 saturated carbocycles. The number of thiocarbonyl (C=S) groups is 1. The van der Waals surface area contributed by atoms with Crippen molar-refractivity contribution in [3.05, 3.63) is 86.1 Å². The van der Waals surface area contributed by atoms with Crippen molar-refractivity contribution in [3.63, 3.8) is 0 Å². The molecule has 1 atom stereocenters. The van der Waals surface area contributed by atoms with Crippen LogP contribution >= 0.6 is 23.6 Å². The Hall–Kier alpha value is -3.50. The topological polar surface area (TPSA) is 106 Å². The van der Waals surface area contributed by atoms with Crippen LogP contribution in [0.5, 0.6) is 5.75 Å². The van der Waals surface area contributed by atoms with Gasteiger partial charge in [0, 0.05) is 18.2 Å². The summed E-state index contributed by atoms with van der Waals surface area (Å²) in [6, 6.07) is 13.5. The summed E-state index contributed by atoms with van der Waals surface area (Å²) in [6.07, 6.45) is 1.57. The van der Waals surface area contributed by atoms with Gasteiger partial charge in [-0.25, -0.2) is 0 Å². The second-order valence-corrected chi connectivity index (χ2v) is 8.80. The smallest absolute Gasteiger partial charge is 0.271 e. The highest BCUT2D eigenvalue weighted by Crippen LogP contribution is 2.29. The van der Waals surface area contributed by atoms with Crippen molar-refractivity contribution >= 4 is 45.9 Å². The maximum atomic E-state index is 13.2. The van der Waals surface area contributed by atoms with Crippen molar-refractivity contribution in [1.82, 2.24) is 10.6 Å². The van der Waals surface area contributed by atoms with Crippen LogP contribution in [-0.2, 0) is 17.6 Å². The molecule has 1 aromatic heterocycles. The lowest BCUT2D eigenvalue weighted by Crippen LogP contribution is -2.45. The molecule has 1 aliphatic carbocycles. The molecule has 0 fully saturated rings. The summed E-state index contributed by atoms with van der Waals surface area (Å²) in [5, 5.41) is 24.2. The molecule has 0 bridgehead atoms. The summed E-state index contributed by atoms with van der Waals surface area (Å²) in [5.41, 5.74) is 3.51. The van der Waals surface area contributed by atoms with Crippen molar-refractivity contribution in [2.24, 2.45) is 0 Å². The molecule has 2 aromatic carbocycles. The largest absolute Gasteiger partial charge is 0.495 e. The number of fused-ring (bicyclic) bond motifs is 1. The first kappa shape index (κ1) is 22.7. The Bertz CT molecular complexity index is 1160. The highest BCUT2D eigenvalue weighted by Gasteiger charge is 2.28. The molecule has 1 aliphatic rings. The quantitative estimate of drug-likeness (QED) is 0.266. The number of methoxy groups -OCH3 is 1. The number of nitro benzene ring substituents is 1. The van der Waals surface area contributed by atoms with E-state index in [4.69, 9.17) is 17.0 Å². The van der Waals surface area contributed by atoms with E-state index in [0.29, 0.717) is 11.4 Å². The van der Waals surface area contributed by atoms with Crippen LogP contribution in [0, 0.1) is 10.1 Å². The number of ether oxygens (including phenoxy) is 1. The normalized spacial score (nSPS) is 13.6. The highest BCUT2D eigenvalue weighted by atomic mass is 32.1. The van der Waals surface area contributed by atoms with E-state index in [2.05, 4.69) is 28.1 Å². The van der Waals surface area contributed by atoms with Gasteiger partial charge in [0.15, 0.2) is 5.11 Å². The van der Waals surface area contributed by atoms with Gasteiger partial charge in [-0.1, -0.05) is 24.3 Å². The Morgan fingerprint density at radius 2 is 1.94 bits per heavy atom. The van der Waals surface area contributed by atoms with Crippen molar-refractivity contribution in [2.75, 3.05) is 12.4 Å². The molecule has 4 rings (SSSR count). The number of benzene rings is 2. The number of carbonyl (C=O) groups excluding carboxylic acids is 1. The van der Waals surface area contributed by atoms with Gasteiger partial charge in [0.05, 0.1) is 17.7 Å². The Balaban J connectivity index is 1.47. The molecule has 3 N–H and O–H groups in total. The Labute approximate surface area is 200 Å². The third-order valence-corrected chi connectivity index (χ3v) is 6.37. The molecular weight excluding hydrogens is 460 g/mol. The van der Waals surface area contributed by atoms with Gasteiger partial charge in [-0.2, -0.15) is 11.3 Å². The molecule has 3 aromatic rings. The minimum Gasteiger partial charge on any atom is -0.495 e. The summed E-state index contributed by atoms with van der Waals surface area (Å²) < 4.78 is 5.27. The van der Waals surface area contributed by atoms with Crippen molar-refractivity contribution in [2.45, 2.75) is 24.9 Å². The second kappa shape index (κ2) is 9.97. The van der Waals surface area contributed by atoms with Crippen LogP contribution in [0.15, 0.2) is 59.3 Å². The second-order valence-electron chi connectivity index (χ2n) is 7.61. The van der Waals surface area contributed by atoms with Crippen LogP contribution in [0.1, 0.15) is 22.7 Å². The van der Waals surface area contributed by atoms with Crippen LogP contribution in [0.3, 0.4) is 0 Å². The van der Waals surface area contributed by atoms with Crippen LogP contribution in [0.25, 0.3) is 0 Å². The first-order valence-corrected chi connectivity index (χ1v) is 11.6. The fourth-order valence-corrected chi connectivity index (χ4v) is 4.80. The van der Waals surface area contributed by atoms with E-state index in [1.165, 1.54) is 47.8 Å². The molecule has 8 nitrogen and oxygen atoms in total. The van der Waals surface area contributed by atoms with Gasteiger partial charge in [-0.05, 0) is 64.6 Å². The minimum atomic E-state index is -0.718. The molecular formula is C23H22N4O4S2. The van der Waals surface area contributed by atoms with Crippen molar-refractivity contribution in [3.8, 4) is 5.75 Å². The van der Waals surface area contributed by atoms with Crippen molar-refractivity contribution < 1.29 is 14.5 Å². The number of nitro groups is 1. The maximum absolute atomic E-state index is 13.2. The van der Waals surface area contributed by atoms with Gasteiger partial charge in [-0.15, -0.1) is 0 Å². The fraction of sp³-hybridized carbons (Fsp3) is 0.217. The third-order valence-electron chi connectivity index (χ3n) is 5.45. The molecule has 33 heavy (non-hydrogen) atoms. The molecule has 170 valence electrons. The van der Waals surface area contributed by atoms with E-state index >= 15 is 0 Å². The van der Waals surface area contributed by atoms with Gasteiger partial charge in [0.25, 0.3) is 5.69 Å². The van der Waals surface area contributed by atoms with E-state index < -0.39 is 11.0 Å². The zero-order valence-electron chi connectivity index (χ0n) is 17.7. The molecule has 0 radical (unpaired) electrons. The molecule has 1 unspecified atom stereocenters. The van der Waals surface area contributed by atoms with E-state index in [9.17, 15) is 14.9 Å².